The molecule has 198 valence electrons. The van der Waals surface area contributed by atoms with Crippen LogP contribution in [0.1, 0.15) is 112 Å². The summed E-state index contributed by atoms with van der Waals surface area (Å²) in [6.07, 6.45) is 9.14. The zero-order valence-electron chi connectivity index (χ0n) is 22.8. The zero-order valence-corrected chi connectivity index (χ0v) is 22.8. The van der Waals surface area contributed by atoms with Gasteiger partial charge in [-0.3, -0.25) is 9.59 Å². The smallest absolute Gasteiger partial charge is 0.310 e. The molecular weight excluding hydrogens is 440 g/mol. The number of carboxylic acids is 2. The first-order valence-corrected chi connectivity index (χ1v) is 14.3. The van der Waals surface area contributed by atoms with Crippen molar-refractivity contribution < 1.29 is 24.9 Å². The van der Waals surface area contributed by atoms with Crippen molar-refractivity contribution in [1.82, 2.24) is 0 Å². The van der Waals surface area contributed by atoms with Gasteiger partial charge in [0.1, 0.15) is 0 Å². The summed E-state index contributed by atoms with van der Waals surface area (Å²) >= 11 is 0. The third kappa shape index (κ3) is 2.97. The molecule has 0 aromatic heterocycles. The number of aliphatic hydroxyl groups excluding tert-OH is 1. The second kappa shape index (κ2) is 7.48. The summed E-state index contributed by atoms with van der Waals surface area (Å²) in [4.78, 5) is 25.9. The molecule has 5 saturated carbocycles. The average Bonchev–Trinajstić information content (AvgIpc) is 2.77. The molecule has 0 aromatic rings. The van der Waals surface area contributed by atoms with Gasteiger partial charge in [0.2, 0.25) is 0 Å². The van der Waals surface area contributed by atoms with Crippen LogP contribution in [-0.2, 0) is 9.59 Å². The van der Waals surface area contributed by atoms with E-state index in [2.05, 4.69) is 34.6 Å². The first-order valence-electron chi connectivity index (χ1n) is 14.3. The first-order chi connectivity index (χ1) is 16.1. The highest BCUT2D eigenvalue weighted by Crippen LogP contribution is 2.78. The maximum absolute atomic E-state index is 13.5. The van der Waals surface area contributed by atoms with E-state index in [9.17, 15) is 24.9 Å². The summed E-state index contributed by atoms with van der Waals surface area (Å²) in [5, 5.41) is 32.0. The van der Waals surface area contributed by atoms with Crippen LogP contribution in [0.5, 0.6) is 0 Å². The van der Waals surface area contributed by atoms with Crippen molar-refractivity contribution in [3.8, 4) is 0 Å². The van der Waals surface area contributed by atoms with E-state index in [-0.39, 0.29) is 39.6 Å². The maximum atomic E-state index is 13.5. The quantitative estimate of drug-likeness (QED) is 0.419. The van der Waals surface area contributed by atoms with Crippen LogP contribution < -0.4 is 0 Å². The lowest BCUT2D eigenvalue weighted by atomic mass is 9.29. The van der Waals surface area contributed by atoms with Gasteiger partial charge in [0.15, 0.2) is 0 Å². The van der Waals surface area contributed by atoms with Crippen LogP contribution in [0.25, 0.3) is 0 Å². The molecule has 5 aliphatic carbocycles. The monoisotopic (exact) mass is 488 g/mol. The largest absolute Gasteiger partial charge is 0.481 e. The summed E-state index contributed by atoms with van der Waals surface area (Å²) in [5.41, 5.74) is -1.99. The lowest BCUT2D eigenvalue weighted by Gasteiger charge is -2.74. The molecular formula is C30H48O5. The number of rotatable bonds is 2. The number of aliphatic hydroxyl groups is 1. The van der Waals surface area contributed by atoms with Gasteiger partial charge in [-0.25, -0.2) is 0 Å². The van der Waals surface area contributed by atoms with Gasteiger partial charge < -0.3 is 15.3 Å². The predicted octanol–water partition coefficient (Wildman–Crippen LogP) is 6.38. The number of aliphatic carboxylic acids is 2. The fourth-order valence-electron chi connectivity index (χ4n) is 11.5. The van der Waals surface area contributed by atoms with E-state index in [0.29, 0.717) is 31.1 Å². The molecule has 11 atom stereocenters. The lowest BCUT2D eigenvalue weighted by molar-refractivity contribution is -0.268. The minimum Gasteiger partial charge on any atom is -0.481 e. The highest BCUT2D eigenvalue weighted by molar-refractivity contribution is 5.78. The molecule has 5 fully saturated rings. The third-order valence-corrected chi connectivity index (χ3v) is 14.0. The molecule has 5 heteroatoms. The molecule has 11 unspecified atom stereocenters. The minimum absolute atomic E-state index is 0.0631. The van der Waals surface area contributed by atoms with Gasteiger partial charge in [-0.2, -0.15) is 0 Å². The van der Waals surface area contributed by atoms with Gasteiger partial charge in [0, 0.05) is 0 Å². The molecule has 3 N–H and O–H groups in total. The van der Waals surface area contributed by atoms with Crippen molar-refractivity contribution in [2.45, 2.75) is 118 Å². The SMILES string of the molecule is CC1C(O)CCC2C1(C)CCC1C2(C)CCC2(C(=O)O)C3CC(C)(C(=O)O)CCC3(C)CCC12C. The summed E-state index contributed by atoms with van der Waals surface area (Å²) in [6.45, 7) is 13.5. The minimum atomic E-state index is -0.866. The molecule has 0 heterocycles. The van der Waals surface area contributed by atoms with Crippen LogP contribution in [0.4, 0.5) is 0 Å². The second-order valence-corrected chi connectivity index (χ2v) is 15.1. The van der Waals surface area contributed by atoms with Crippen molar-refractivity contribution in [2.24, 2.45) is 56.2 Å². The number of carboxylic acid groups (broad SMARTS) is 2. The molecule has 0 aliphatic heterocycles. The molecule has 0 spiro atoms. The Morgan fingerprint density at radius 3 is 1.97 bits per heavy atom. The molecule has 0 aromatic carbocycles. The standard InChI is InChI=1S/C30H48O5/c1-18-19(31)7-8-20-27(18,4)10-9-21-28(20,5)14-16-30(24(34)35)22-17-26(3,23(32)33)12-11-25(22,2)13-15-29(21,30)6/h18-22,31H,7-17H2,1-6H3,(H,32,33)(H,34,35). The number of carbonyl (C=O) groups is 2. The summed E-state index contributed by atoms with van der Waals surface area (Å²) in [5.74, 6) is -0.458. The Labute approximate surface area is 211 Å². The zero-order chi connectivity index (χ0) is 25.8. The molecule has 5 aliphatic rings. The molecule has 0 radical (unpaired) electrons. The van der Waals surface area contributed by atoms with E-state index in [1.165, 1.54) is 0 Å². The first kappa shape index (κ1) is 25.5. The Morgan fingerprint density at radius 1 is 0.686 bits per heavy atom. The Bertz CT molecular complexity index is 932. The number of hydrogen-bond acceptors (Lipinski definition) is 3. The van der Waals surface area contributed by atoms with Crippen LogP contribution in [0, 0.1) is 56.2 Å². The van der Waals surface area contributed by atoms with Crippen molar-refractivity contribution in [2.75, 3.05) is 0 Å². The van der Waals surface area contributed by atoms with Crippen molar-refractivity contribution in [3.63, 3.8) is 0 Å². The number of hydrogen-bond donors (Lipinski definition) is 3. The Hall–Kier alpha value is -1.10. The van der Waals surface area contributed by atoms with Gasteiger partial charge in [0.05, 0.1) is 16.9 Å². The third-order valence-electron chi connectivity index (χ3n) is 14.0. The summed E-state index contributed by atoms with van der Waals surface area (Å²) in [7, 11) is 0. The topological polar surface area (TPSA) is 94.8 Å². The van der Waals surface area contributed by atoms with Crippen molar-refractivity contribution >= 4 is 11.9 Å². The van der Waals surface area contributed by atoms with E-state index in [1.54, 1.807) is 0 Å². The Kier molecular flexibility index (Phi) is 5.46. The van der Waals surface area contributed by atoms with Crippen LogP contribution in [-0.4, -0.2) is 33.4 Å². The predicted molar refractivity (Wildman–Crippen MR) is 135 cm³/mol. The fraction of sp³-hybridized carbons (Fsp3) is 0.933. The summed E-state index contributed by atoms with van der Waals surface area (Å²) < 4.78 is 0. The van der Waals surface area contributed by atoms with E-state index < -0.39 is 22.8 Å². The van der Waals surface area contributed by atoms with E-state index in [4.69, 9.17) is 0 Å². The van der Waals surface area contributed by atoms with Crippen molar-refractivity contribution in [3.05, 3.63) is 0 Å². The van der Waals surface area contributed by atoms with Crippen LogP contribution in [0.2, 0.25) is 0 Å². The highest BCUT2D eigenvalue weighted by atomic mass is 16.4. The van der Waals surface area contributed by atoms with E-state index >= 15 is 0 Å². The van der Waals surface area contributed by atoms with Crippen molar-refractivity contribution in [1.29, 1.82) is 0 Å². The van der Waals surface area contributed by atoms with Gasteiger partial charge in [-0.05, 0) is 123 Å². The van der Waals surface area contributed by atoms with E-state index in [1.807, 2.05) is 6.92 Å². The van der Waals surface area contributed by atoms with Crippen LogP contribution in [0.15, 0.2) is 0 Å². The fourth-order valence-corrected chi connectivity index (χ4v) is 11.5. The molecule has 0 saturated heterocycles. The summed E-state index contributed by atoms with van der Waals surface area (Å²) in [6, 6.07) is 0. The maximum Gasteiger partial charge on any atom is 0.310 e. The van der Waals surface area contributed by atoms with Gasteiger partial charge >= 0.3 is 11.9 Å². The van der Waals surface area contributed by atoms with Crippen LogP contribution >= 0.6 is 0 Å². The van der Waals surface area contributed by atoms with Crippen LogP contribution in [0.3, 0.4) is 0 Å². The molecule has 0 bridgehead atoms. The highest BCUT2D eigenvalue weighted by Gasteiger charge is 2.75. The lowest BCUT2D eigenvalue weighted by Crippen LogP contribution is -2.70. The normalized spacial score (nSPS) is 57.7. The molecule has 5 rings (SSSR count). The Balaban J connectivity index is 1.61. The Morgan fingerprint density at radius 2 is 1.34 bits per heavy atom. The van der Waals surface area contributed by atoms with Gasteiger partial charge in [0.25, 0.3) is 0 Å². The van der Waals surface area contributed by atoms with Gasteiger partial charge in [-0.15, -0.1) is 0 Å². The van der Waals surface area contributed by atoms with E-state index in [0.717, 1.165) is 51.4 Å². The van der Waals surface area contributed by atoms with Gasteiger partial charge in [-0.1, -0.05) is 34.6 Å². The average molecular weight is 489 g/mol. The molecule has 35 heavy (non-hydrogen) atoms. The number of fused-ring (bicyclic) bond motifs is 7. The molecule has 0 amide bonds. The second-order valence-electron chi connectivity index (χ2n) is 15.1. The molecule has 5 nitrogen and oxygen atoms in total.